The summed E-state index contributed by atoms with van der Waals surface area (Å²) in [4.78, 5) is 0. The average Bonchev–Trinajstić information content (AvgIpc) is 2.26. The molecule has 0 fully saturated rings. The number of rotatable bonds is 3. The van der Waals surface area contributed by atoms with Gasteiger partial charge in [-0.1, -0.05) is 31.8 Å². The fourth-order valence-corrected chi connectivity index (χ4v) is 1.86. The minimum Gasteiger partial charge on any atom is -0.384 e. The summed E-state index contributed by atoms with van der Waals surface area (Å²) in [6.07, 6.45) is 0. The van der Waals surface area contributed by atoms with Crippen molar-refractivity contribution in [2.75, 3.05) is 6.61 Å². The first-order valence-corrected chi connectivity index (χ1v) is 6.18. The highest BCUT2D eigenvalue weighted by Gasteiger charge is 2.02. The molecule has 0 aliphatic heterocycles. The van der Waals surface area contributed by atoms with E-state index in [-0.39, 0.29) is 12.4 Å². The molecule has 1 nitrogen and oxygen atoms in total. The van der Waals surface area contributed by atoms with Gasteiger partial charge in [-0.05, 0) is 22.9 Å². The summed E-state index contributed by atoms with van der Waals surface area (Å²) in [6, 6.07) is 4.94. The van der Waals surface area contributed by atoms with Gasteiger partial charge in [-0.2, -0.15) is 11.8 Å². The van der Waals surface area contributed by atoms with E-state index in [0.29, 0.717) is 10.8 Å². The zero-order valence-electron chi connectivity index (χ0n) is 9.46. The number of halogens is 1. The molecule has 0 unspecified atom stereocenters. The molecule has 0 radical (unpaired) electrons. The maximum Gasteiger partial charge on any atom is 0.138 e. The van der Waals surface area contributed by atoms with Crippen molar-refractivity contribution < 1.29 is 9.50 Å². The van der Waals surface area contributed by atoms with Crippen molar-refractivity contribution in [2.24, 2.45) is 0 Å². The lowest BCUT2D eigenvalue weighted by Gasteiger charge is -2.05. The number of hydrogen-bond donors (Lipinski definition) is 1. The maximum absolute atomic E-state index is 13.3. The third-order valence-corrected chi connectivity index (χ3v) is 3.08. The Bertz CT molecular complexity index is 404. The molecule has 1 aromatic rings. The van der Waals surface area contributed by atoms with Crippen molar-refractivity contribution in [1.82, 2.24) is 0 Å². The topological polar surface area (TPSA) is 20.2 Å². The van der Waals surface area contributed by atoms with Gasteiger partial charge in [0.2, 0.25) is 0 Å². The summed E-state index contributed by atoms with van der Waals surface area (Å²) >= 11 is 1.80. The Balaban J connectivity index is 2.81. The summed E-state index contributed by atoms with van der Waals surface area (Å²) in [5.41, 5.74) is 1.42. The van der Waals surface area contributed by atoms with E-state index in [0.717, 1.165) is 11.3 Å². The van der Waals surface area contributed by atoms with Crippen LogP contribution in [0.1, 0.15) is 25.0 Å². The molecule has 0 bridgehead atoms. The molecular weight excluding hydrogens is 223 g/mol. The second-order valence-electron chi connectivity index (χ2n) is 3.63. The molecule has 1 N–H and O–H groups in total. The largest absolute Gasteiger partial charge is 0.384 e. The number of benzene rings is 1. The van der Waals surface area contributed by atoms with E-state index in [2.05, 4.69) is 25.7 Å². The van der Waals surface area contributed by atoms with Gasteiger partial charge in [-0.3, -0.25) is 0 Å². The Hall–Kier alpha value is -0.980. The molecule has 1 rings (SSSR count). The van der Waals surface area contributed by atoms with E-state index in [1.54, 1.807) is 23.9 Å². The summed E-state index contributed by atoms with van der Waals surface area (Å²) in [7, 11) is 0. The Labute approximate surface area is 100 Å². The van der Waals surface area contributed by atoms with Crippen LogP contribution in [0.2, 0.25) is 0 Å². The SMILES string of the molecule is CC(C)SCc1ccc(F)c(C#CCO)c1. The molecule has 0 amide bonds. The van der Waals surface area contributed by atoms with Crippen molar-refractivity contribution in [3.63, 3.8) is 0 Å². The molecule has 0 aliphatic rings. The van der Waals surface area contributed by atoms with Crippen LogP contribution in [0.4, 0.5) is 4.39 Å². The highest BCUT2D eigenvalue weighted by atomic mass is 32.2. The van der Waals surface area contributed by atoms with Crippen LogP contribution in [0, 0.1) is 17.7 Å². The molecule has 1 aromatic carbocycles. The molecule has 16 heavy (non-hydrogen) atoms. The molecule has 3 heteroatoms. The first kappa shape index (κ1) is 13.1. The van der Waals surface area contributed by atoms with Crippen LogP contribution in [-0.2, 0) is 5.75 Å². The molecule has 0 saturated heterocycles. The van der Waals surface area contributed by atoms with E-state index >= 15 is 0 Å². The van der Waals surface area contributed by atoms with E-state index in [1.807, 2.05) is 0 Å². The summed E-state index contributed by atoms with van der Waals surface area (Å²) in [5, 5.41) is 9.12. The third kappa shape index (κ3) is 4.26. The summed E-state index contributed by atoms with van der Waals surface area (Å²) < 4.78 is 13.3. The highest BCUT2D eigenvalue weighted by Crippen LogP contribution is 2.19. The van der Waals surface area contributed by atoms with Crippen LogP contribution < -0.4 is 0 Å². The Kier molecular flexibility index (Phi) is 5.37. The van der Waals surface area contributed by atoms with Crippen molar-refractivity contribution in [1.29, 1.82) is 0 Å². The zero-order chi connectivity index (χ0) is 12.0. The minimum absolute atomic E-state index is 0.246. The van der Waals surface area contributed by atoms with Crippen LogP contribution in [0.25, 0.3) is 0 Å². The molecule has 0 saturated carbocycles. The van der Waals surface area contributed by atoms with E-state index in [9.17, 15) is 4.39 Å². The molecular formula is C13H15FOS. The minimum atomic E-state index is -0.334. The van der Waals surface area contributed by atoms with Crippen molar-refractivity contribution in [2.45, 2.75) is 24.9 Å². The number of aliphatic hydroxyl groups excluding tert-OH is 1. The number of thioether (sulfide) groups is 1. The molecule has 0 atom stereocenters. The molecule has 0 spiro atoms. The predicted molar refractivity (Wildman–Crippen MR) is 66.8 cm³/mol. The van der Waals surface area contributed by atoms with Crippen LogP contribution in [0.5, 0.6) is 0 Å². The molecule has 0 aromatic heterocycles. The second-order valence-corrected chi connectivity index (χ2v) is 5.20. The maximum atomic E-state index is 13.3. The smallest absolute Gasteiger partial charge is 0.138 e. The van der Waals surface area contributed by atoms with Gasteiger partial charge in [0, 0.05) is 5.75 Å². The number of aliphatic hydroxyl groups is 1. The van der Waals surface area contributed by atoms with Crippen molar-refractivity contribution in [3.05, 3.63) is 35.1 Å². The highest BCUT2D eigenvalue weighted by molar-refractivity contribution is 7.99. The molecule has 0 heterocycles. The normalized spacial score (nSPS) is 10.1. The number of hydrogen-bond acceptors (Lipinski definition) is 2. The molecule has 0 aliphatic carbocycles. The van der Waals surface area contributed by atoms with Crippen LogP contribution in [-0.4, -0.2) is 17.0 Å². The predicted octanol–water partition coefficient (Wildman–Crippen LogP) is 2.81. The van der Waals surface area contributed by atoms with Gasteiger partial charge in [0.25, 0.3) is 0 Å². The fourth-order valence-electron chi connectivity index (χ4n) is 1.16. The van der Waals surface area contributed by atoms with Crippen LogP contribution >= 0.6 is 11.8 Å². The Morgan fingerprint density at radius 2 is 2.19 bits per heavy atom. The zero-order valence-corrected chi connectivity index (χ0v) is 10.3. The first-order chi connectivity index (χ1) is 7.63. The van der Waals surface area contributed by atoms with Crippen molar-refractivity contribution >= 4 is 11.8 Å². The van der Waals surface area contributed by atoms with Crippen molar-refractivity contribution in [3.8, 4) is 11.8 Å². The quantitative estimate of drug-likeness (QED) is 0.817. The lowest BCUT2D eigenvalue weighted by Crippen LogP contribution is -1.92. The van der Waals surface area contributed by atoms with Gasteiger partial charge in [0.15, 0.2) is 0 Å². The second kappa shape index (κ2) is 6.57. The molecule has 86 valence electrons. The van der Waals surface area contributed by atoms with Gasteiger partial charge in [-0.25, -0.2) is 4.39 Å². The van der Waals surface area contributed by atoms with Gasteiger partial charge >= 0.3 is 0 Å². The van der Waals surface area contributed by atoms with Gasteiger partial charge in [-0.15, -0.1) is 0 Å². The first-order valence-electron chi connectivity index (χ1n) is 5.13. The third-order valence-electron chi connectivity index (χ3n) is 1.92. The fraction of sp³-hybridized carbons (Fsp3) is 0.385. The van der Waals surface area contributed by atoms with E-state index in [1.165, 1.54) is 6.07 Å². The summed E-state index contributed by atoms with van der Waals surface area (Å²) in [5.74, 6) is 5.58. The van der Waals surface area contributed by atoms with Gasteiger partial charge < -0.3 is 5.11 Å². The van der Waals surface area contributed by atoms with Gasteiger partial charge in [0.1, 0.15) is 12.4 Å². The van der Waals surface area contributed by atoms with Gasteiger partial charge in [0.05, 0.1) is 5.56 Å². The standard InChI is InChI=1S/C13H15FOS/c1-10(2)16-9-11-5-6-13(14)12(8-11)4-3-7-15/h5-6,8,10,15H,7,9H2,1-2H3. The Morgan fingerprint density at radius 1 is 1.44 bits per heavy atom. The van der Waals surface area contributed by atoms with E-state index in [4.69, 9.17) is 5.11 Å². The monoisotopic (exact) mass is 238 g/mol. The van der Waals surface area contributed by atoms with E-state index < -0.39 is 0 Å². The lowest BCUT2D eigenvalue weighted by atomic mass is 10.1. The van der Waals surface area contributed by atoms with Crippen LogP contribution in [0.3, 0.4) is 0 Å². The van der Waals surface area contributed by atoms with Crippen LogP contribution in [0.15, 0.2) is 18.2 Å². The Morgan fingerprint density at radius 3 is 2.81 bits per heavy atom. The lowest BCUT2D eigenvalue weighted by molar-refractivity contribution is 0.350. The summed E-state index contributed by atoms with van der Waals surface area (Å²) in [6.45, 7) is 4.01. The average molecular weight is 238 g/mol.